The molecule has 0 radical (unpaired) electrons. The number of hydrogen-bond donors (Lipinski definition) is 0. The Balaban J connectivity index is 3.12. The second-order valence-corrected chi connectivity index (χ2v) is 7.42. The van der Waals surface area contributed by atoms with Crippen molar-refractivity contribution in [3.63, 3.8) is 0 Å². The molecule has 0 spiro atoms. The topological polar surface area (TPSA) is 34.5 Å². The van der Waals surface area contributed by atoms with Crippen LogP contribution in [0.3, 0.4) is 0 Å². The summed E-state index contributed by atoms with van der Waals surface area (Å²) in [6.45, 7) is 5.53. The fraction of sp³-hybridized carbons (Fsp3) is 0.462. The zero-order chi connectivity index (χ0) is 16.0. The third-order valence-corrected chi connectivity index (χ3v) is 5.64. The van der Waals surface area contributed by atoms with Crippen molar-refractivity contribution in [3.8, 4) is 5.88 Å². The molecule has 21 heavy (non-hydrogen) atoms. The molecule has 0 N–H and O–H groups in total. The highest BCUT2D eigenvalue weighted by atomic mass is 32.2. The lowest BCUT2D eigenvalue weighted by molar-refractivity contribution is -0.104. The number of thiocarbonyl (C=S) groups is 1. The number of carbonyl (C=O) groups is 1. The van der Waals surface area contributed by atoms with E-state index in [1.54, 1.807) is 13.2 Å². The summed E-state index contributed by atoms with van der Waals surface area (Å²) in [7, 11) is 3.50. The molecule has 116 valence electrons. The standard InChI is InChI=1S/C13H18N2O2S4/c1-5-14(3)12(18)20-9(8-16)7-10-11(17-4)15(6-2)13(19)21-10/h7-8H,5-6H2,1-4H3/b9-7+. The molecule has 0 aliphatic carbocycles. The minimum atomic E-state index is 0.540. The van der Waals surface area contributed by atoms with Gasteiger partial charge >= 0.3 is 0 Å². The minimum Gasteiger partial charge on any atom is -0.481 e. The Kier molecular flexibility index (Phi) is 7.58. The second kappa shape index (κ2) is 8.67. The molecule has 0 aromatic carbocycles. The zero-order valence-corrected chi connectivity index (χ0v) is 15.7. The van der Waals surface area contributed by atoms with Crippen LogP contribution in [-0.2, 0) is 11.3 Å². The lowest BCUT2D eigenvalue weighted by Gasteiger charge is -2.16. The van der Waals surface area contributed by atoms with E-state index >= 15 is 0 Å². The molecular formula is C13H18N2O2S4. The van der Waals surface area contributed by atoms with Gasteiger partial charge in [-0.2, -0.15) is 0 Å². The molecule has 1 aromatic heterocycles. The molecule has 1 heterocycles. The summed E-state index contributed by atoms with van der Waals surface area (Å²) in [5.74, 6) is 0.683. The molecule has 8 heteroatoms. The Hall–Kier alpha value is -0.700. The Morgan fingerprint density at radius 2 is 2.19 bits per heavy atom. The van der Waals surface area contributed by atoms with Gasteiger partial charge in [-0.15, -0.1) is 11.3 Å². The van der Waals surface area contributed by atoms with Crippen LogP contribution in [0.25, 0.3) is 6.08 Å². The van der Waals surface area contributed by atoms with Crippen molar-refractivity contribution < 1.29 is 9.53 Å². The first-order valence-corrected chi connectivity index (χ1v) is 8.80. The number of ether oxygens (including phenoxy) is 1. The molecule has 0 aliphatic heterocycles. The highest BCUT2D eigenvalue weighted by Gasteiger charge is 2.13. The van der Waals surface area contributed by atoms with E-state index in [9.17, 15) is 4.79 Å². The molecule has 0 amide bonds. The average Bonchev–Trinajstić information content (AvgIpc) is 2.79. The summed E-state index contributed by atoms with van der Waals surface area (Å²) in [5, 5.41) is 0. The number of carbonyl (C=O) groups excluding carboxylic acids is 1. The van der Waals surface area contributed by atoms with Gasteiger partial charge in [0.2, 0.25) is 5.88 Å². The number of allylic oxidation sites excluding steroid dienone is 1. The third kappa shape index (κ3) is 4.64. The van der Waals surface area contributed by atoms with Gasteiger partial charge in [-0.1, -0.05) is 24.0 Å². The molecule has 0 saturated heterocycles. The highest BCUT2D eigenvalue weighted by molar-refractivity contribution is 8.26. The third-order valence-electron chi connectivity index (χ3n) is 2.76. The maximum atomic E-state index is 11.3. The normalized spacial score (nSPS) is 11.3. The fourth-order valence-electron chi connectivity index (χ4n) is 1.51. The van der Waals surface area contributed by atoms with Gasteiger partial charge in [0.1, 0.15) is 4.32 Å². The predicted octanol–water partition coefficient (Wildman–Crippen LogP) is 3.82. The molecule has 0 fully saturated rings. The second-order valence-electron chi connectivity index (χ2n) is 4.03. The number of nitrogens with zero attached hydrogens (tertiary/aromatic N) is 2. The van der Waals surface area contributed by atoms with Gasteiger partial charge in [0, 0.05) is 20.1 Å². The van der Waals surface area contributed by atoms with Crippen LogP contribution in [-0.4, -0.2) is 40.8 Å². The van der Waals surface area contributed by atoms with E-state index in [2.05, 4.69) is 0 Å². The van der Waals surface area contributed by atoms with E-state index in [1.807, 2.05) is 30.4 Å². The number of aldehydes is 1. The SMILES string of the molecule is CCN(C)C(=S)S/C(C=O)=C/c1sc(=S)n(CC)c1OC. The van der Waals surface area contributed by atoms with Crippen molar-refractivity contribution >= 4 is 64.2 Å². The minimum absolute atomic E-state index is 0.540. The molecule has 1 aromatic rings. The van der Waals surface area contributed by atoms with E-state index in [1.165, 1.54) is 23.1 Å². The Morgan fingerprint density at radius 1 is 1.52 bits per heavy atom. The van der Waals surface area contributed by atoms with Crippen molar-refractivity contribution in [2.24, 2.45) is 0 Å². The van der Waals surface area contributed by atoms with Crippen molar-refractivity contribution in [1.29, 1.82) is 0 Å². The number of thioether (sulfide) groups is 1. The summed E-state index contributed by atoms with van der Waals surface area (Å²) < 4.78 is 8.69. The van der Waals surface area contributed by atoms with Crippen LogP contribution in [0.1, 0.15) is 18.7 Å². The number of rotatable bonds is 6. The number of aromatic nitrogens is 1. The molecule has 0 atom stereocenters. The van der Waals surface area contributed by atoms with Crippen LogP contribution < -0.4 is 4.74 Å². The molecule has 0 saturated carbocycles. The highest BCUT2D eigenvalue weighted by Crippen LogP contribution is 2.31. The first-order valence-electron chi connectivity index (χ1n) is 6.35. The van der Waals surface area contributed by atoms with Gasteiger partial charge in [-0.25, -0.2) is 0 Å². The molecule has 0 unspecified atom stereocenters. The summed E-state index contributed by atoms with van der Waals surface area (Å²) in [5.41, 5.74) is 0. The first kappa shape index (κ1) is 18.3. The van der Waals surface area contributed by atoms with Crippen molar-refractivity contribution in [2.45, 2.75) is 20.4 Å². The maximum absolute atomic E-state index is 11.3. The molecule has 4 nitrogen and oxygen atoms in total. The van der Waals surface area contributed by atoms with Crippen LogP contribution >= 0.6 is 47.5 Å². The average molecular weight is 363 g/mol. The summed E-state index contributed by atoms with van der Waals surface area (Å²) in [6, 6.07) is 0. The van der Waals surface area contributed by atoms with Crippen molar-refractivity contribution in [2.75, 3.05) is 20.7 Å². The van der Waals surface area contributed by atoms with Gasteiger partial charge in [-0.05, 0) is 32.1 Å². The quantitative estimate of drug-likeness (QED) is 0.435. The Labute approximate surface area is 143 Å². The summed E-state index contributed by atoms with van der Waals surface area (Å²) >= 11 is 13.3. The van der Waals surface area contributed by atoms with Crippen LogP contribution in [0.5, 0.6) is 5.88 Å². The number of methoxy groups -OCH3 is 1. The van der Waals surface area contributed by atoms with Crippen molar-refractivity contribution in [1.82, 2.24) is 9.47 Å². The van der Waals surface area contributed by atoms with Gasteiger partial charge in [-0.3, -0.25) is 9.36 Å². The van der Waals surface area contributed by atoms with E-state index in [-0.39, 0.29) is 0 Å². The summed E-state index contributed by atoms with van der Waals surface area (Å²) in [6.07, 6.45) is 2.58. The van der Waals surface area contributed by atoms with Crippen molar-refractivity contribution in [3.05, 3.63) is 13.7 Å². The van der Waals surface area contributed by atoms with E-state index < -0.39 is 0 Å². The van der Waals surface area contributed by atoms with Crippen LogP contribution in [0, 0.1) is 3.95 Å². The number of hydrogen-bond acceptors (Lipinski definition) is 6. The van der Waals surface area contributed by atoms with Gasteiger partial charge < -0.3 is 9.64 Å². The Bertz CT molecular complexity index is 604. The fourth-order valence-corrected chi connectivity index (χ4v) is 4.17. The van der Waals surface area contributed by atoms with E-state index in [4.69, 9.17) is 29.2 Å². The lowest BCUT2D eigenvalue weighted by atomic mass is 10.4. The van der Waals surface area contributed by atoms with E-state index in [0.717, 1.165) is 28.2 Å². The van der Waals surface area contributed by atoms with Gasteiger partial charge in [0.05, 0.1) is 16.9 Å². The lowest BCUT2D eigenvalue weighted by Crippen LogP contribution is -2.21. The van der Waals surface area contributed by atoms with E-state index in [0.29, 0.717) is 15.1 Å². The predicted molar refractivity (Wildman–Crippen MR) is 97.9 cm³/mol. The number of thiazole rings is 1. The maximum Gasteiger partial charge on any atom is 0.212 e. The molecular weight excluding hydrogens is 344 g/mol. The first-order chi connectivity index (χ1) is 9.98. The van der Waals surface area contributed by atoms with Crippen LogP contribution in [0.15, 0.2) is 4.91 Å². The van der Waals surface area contributed by atoms with Crippen LogP contribution in [0.2, 0.25) is 0 Å². The summed E-state index contributed by atoms with van der Waals surface area (Å²) in [4.78, 5) is 14.6. The largest absolute Gasteiger partial charge is 0.481 e. The van der Waals surface area contributed by atoms with Gasteiger partial charge in [0.15, 0.2) is 10.2 Å². The van der Waals surface area contributed by atoms with Crippen LogP contribution in [0.4, 0.5) is 0 Å². The Morgan fingerprint density at radius 3 is 2.67 bits per heavy atom. The zero-order valence-electron chi connectivity index (χ0n) is 12.4. The molecule has 1 rings (SSSR count). The smallest absolute Gasteiger partial charge is 0.212 e. The van der Waals surface area contributed by atoms with Gasteiger partial charge in [0.25, 0.3) is 0 Å². The monoisotopic (exact) mass is 362 g/mol. The molecule has 0 aliphatic rings. The molecule has 0 bridgehead atoms.